The number of rotatable bonds is 5. The lowest BCUT2D eigenvalue weighted by Gasteiger charge is -2.34. The summed E-state index contributed by atoms with van der Waals surface area (Å²) in [4.78, 5) is 21.3. The zero-order valence-electron chi connectivity index (χ0n) is 16.8. The number of aromatic amines is 1. The lowest BCUT2D eigenvalue weighted by atomic mass is 10.1. The summed E-state index contributed by atoms with van der Waals surface area (Å²) in [7, 11) is 0. The Morgan fingerprint density at radius 1 is 1.23 bits per heavy atom. The van der Waals surface area contributed by atoms with Crippen molar-refractivity contribution in [1.29, 1.82) is 0 Å². The molecule has 1 aliphatic rings. The maximum Gasteiger partial charge on any atom is 0.228 e. The molecular formula is C21H23N7O2. The lowest BCUT2D eigenvalue weighted by molar-refractivity contribution is -0.132. The van der Waals surface area contributed by atoms with Crippen LogP contribution < -0.4 is 5.32 Å². The number of fused-ring (bicyclic) bond motifs is 2. The molecule has 0 unspecified atom stereocenters. The van der Waals surface area contributed by atoms with Crippen molar-refractivity contribution in [1.82, 2.24) is 30.1 Å². The van der Waals surface area contributed by atoms with Gasteiger partial charge in [-0.05, 0) is 30.8 Å². The van der Waals surface area contributed by atoms with Crippen molar-refractivity contribution in [2.75, 3.05) is 38.0 Å². The molecular weight excluding hydrogens is 382 g/mol. The number of hydrogen-bond acceptors (Lipinski definition) is 7. The third-order valence-electron chi connectivity index (χ3n) is 5.62. The van der Waals surface area contributed by atoms with E-state index in [0.717, 1.165) is 54.8 Å². The number of aromatic nitrogens is 4. The van der Waals surface area contributed by atoms with Gasteiger partial charge in [0.1, 0.15) is 11.2 Å². The maximum atomic E-state index is 12.7. The van der Waals surface area contributed by atoms with Crippen LogP contribution >= 0.6 is 0 Å². The molecule has 30 heavy (non-hydrogen) atoms. The maximum absolute atomic E-state index is 12.7. The highest BCUT2D eigenvalue weighted by Crippen LogP contribution is 2.27. The van der Waals surface area contributed by atoms with E-state index in [1.807, 2.05) is 35.2 Å². The van der Waals surface area contributed by atoms with Gasteiger partial charge in [-0.3, -0.25) is 14.9 Å². The van der Waals surface area contributed by atoms with E-state index in [2.05, 4.69) is 37.5 Å². The smallest absolute Gasteiger partial charge is 0.228 e. The van der Waals surface area contributed by atoms with E-state index < -0.39 is 0 Å². The summed E-state index contributed by atoms with van der Waals surface area (Å²) in [5.41, 5.74) is 3.75. The van der Waals surface area contributed by atoms with E-state index in [1.54, 1.807) is 6.20 Å². The van der Waals surface area contributed by atoms with Crippen LogP contribution in [0.15, 0.2) is 41.1 Å². The number of nitrogens with zero attached hydrogens (tertiary/aromatic N) is 5. The summed E-state index contributed by atoms with van der Waals surface area (Å²) in [6, 6.07) is 9.49. The standard InChI is InChI=1S/C21H23N7O2/c1-2-27-8-10-28(11-9-27)19(29)13-17-15-6-5-14(12-18(15)30-26-17)23-21-20-16(24-25-21)4-3-7-22-20/h3-7,12H,2,8-11,13H2,1H3,(H2,23,24,25). The third-order valence-corrected chi connectivity index (χ3v) is 5.62. The van der Waals surface area contributed by atoms with Gasteiger partial charge in [-0.15, -0.1) is 0 Å². The van der Waals surface area contributed by atoms with Crippen molar-refractivity contribution in [3.8, 4) is 0 Å². The van der Waals surface area contributed by atoms with Crippen LogP contribution in [0, 0.1) is 0 Å². The Labute approximate surface area is 173 Å². The van der Waals surface area contributed by atoms with E-state index in [4.69, 9.17) is 4.52 Å². The van der Waals surface area contributed by atoms with Gasteiger partial charge in [0.25, 0.3) is 0 Å². The average molecular weight is 405 g/mol. The minimum Gasteiger partial charge on any atom is -0.356 e. The Morgan fingerprint density at radius 2 is 2.10 bits per heavy atom. The largest absolute Gasteiger partial charge is 0.356 e. The summed E-state index contributed by atoms with van der Waals surface area (Å²) in [6.07, 6.45) is 1.98. The normalized spacial score (nSPS) is 15.2. The lowest BCUT2D eigenvalue weighted by Crippen LogP contribution is -2.48. The second-order valence-electron chi connectivity index (χ2n) is 7.43. The van der Waals surface area contributed by atoms with E-state index in [-0.39, 0.29) is 12.3 Å². The summed E-state index contributed by atoms with van der Waals surface area (Å²) in [5.74, 6) is 0.739. The molecule has 0 radical (unpaired) electrons. The third kappa shape index (κ3) is 3.48. The van der Waals surface area contributed by atoms with Crippen molar-refractivity contribution in [3.05, 3.63) is 42.2 Å². The molecule has 2 N–H and O–H groups in total. The highest BCUT2D eigenvalue weighted by atomic mass is 16.5. The molecule has 0 aliphatic carbocycles. The molecule has 9 heteroatoms. The molecule has 1 saturated heterocycles. The fourth-order valence-corrected chi connectivity index (χ4v) is 3.84. The van der Waals surface area contributed by atoms with E-state index in [0.29, 0.717) is 17.1 Å². The van der Waals surface area contributed by atoms with Gasteiger partial charge in [-0.25, -0.2) is 0 Å². The molecule has 1 aliphatic heterocycles. The number of likely N-dealkylation sites (N-methyl/N-ethyl adjacent to an activating group) is 1. The van der Waals surface area contributed by atoms with Crippen molar-refractivity contribution in [3.63, 3.8) is 0 Å². The first kappa shape index (κ1) is 18.6. The predicted octanol–water partition coefficient (Wildman–Crippen LogP) is 2.55. The SMILES string of the molecule is CCN1CCN(C(=O)Cc2noc3cc(Nc4n[nH]c5cccnc45)ccc23)CC1. The summed E-state index contributed by atoms with van der Waals surface area (Å²) in [5, 5.41) is 15.5. The van der Waals surface area contributed by atoms with E-state index in [1.165, 1.54) is 0 Å². The first-order valence-corrected chi connectivity index (χ1v) is 10.2. The fourth-order valence-electron chi connectivity index (χ4n) is 3.84. The molecule has 9 nitrogen and oxygen atoms in total. The van der Waals surface area contributed by atoms with Gasteiger partial charge in [0, 0.05) is 49.5 Å². The second kappa shape index (κ2) is 7.75. The molecule has 4 heterocycles. The number of pyridine rings is 1. The molecule has 0 bridgehead atoms. The first-order chi connectivity index (χ1) is 14.7. The number of piperazine rings is 1. The van der Waals surface area contributed by atoms with Gasteiger partial charge in [-0.2, -0.15) is 5.10 Å². The van der Waals surface area contributed by atoms with Crippen LogP contribution in [0.25, 0.3) is 22.0 Å². The summed E-state index contributed by atoms with van der Waals surface area (Å²) < 4.78 is 5.51. The molecule has 3 aromatic heterocycles. The van der Waals surface area contributed by atoms with Crippen LogP contribution in [-0.2, 0) is 11.2 Å². The first-order valence-electron chi connectivity index (χ1n) is 10.2. The van der Waals surface area contributed by atoms with Gasteiger partial charge >= 0.3 is 0 Å². The van der Waals surface area contributed by atoms with Gasteiger partial charge in [-0.1, -0.05) is 12.1 Å². The van der Waals surface area contributed by atoms with Crippen molar-refractivity contribution < 1.29 is 9.32 Å². The quantitative estimate of drug-likeness (QED) is 0.526. The van der Waals surface area contributed by atoms with Crippen LogP contribution in [0.3, 0.4) is 0 Å². The Hall–Kier alpha value is -3.46. The number of carbonyl (C=O) groups is 1. The molecule has 0 saturated carbocycles. The van der Waals surface area contributed by atoms with Gasteiger partial charge in [0.2, 0.25) is 5.91 Å². The Balaban J connectivity index is 1.31. The number of benzene rings is 1. The highest BCUT2D eigenvalue weighted by Gasteiger charge is 2.22. The Kier molecular flexibility index (Phi) is 4.80. The average Bonchev–Trinajstić information content (AvgIpc) is 3.38. The molecule has 0 spiro atoms. The second-order valence-corrected chi connectivity index (χ2v) is 7.43. The number of amides is 1. The zero-order valence-corrected chi connectivity index (χ0v) is 16.8. The van der Waals surface area contributed by atoms with Crippen molar-refractivity contribution in [2.24, 2.45) is 0 Å². The van der Waals surface area contributed by atoms with E-state index >= 15 is 0 Å². The number of anilines is 2. The molecule has 154 valence electrons. The molecule has 4 aromatic rings. The van der Waals surface area contributed by atoms with Crippen LogP contribution in [0.4, 0.5) is 11.5 Å². The highest BCUT2D eigenvalue weighted by molar-refractivity contribution is 5.91. The molecule has 5 rings (SSSR count). The monoisotopic (exact) mass is 405 g/mol. The molecule has 1 amide bonds. The summed E-state index contributed by atoms with van der Waals surface area (Å²) in [6.45, 7) is 6.55. The number of H-pyrrole nitrogens is 1. The molecule has 1 fully saturated rings. The van der Waals surface area contributed by atoms with Crippen LogP contribution in [-0.4, -0.2) is 68.8 Å². The number of carbonyl (C=O) groups excluding carboxylic acids is 1. The fraction of sp³-hybridized carbons (Fsp3) is 0.333. The van der Waals surface area contributed by atoms with Gasteiger partial charge < -0.3 is 19.6 Å². The number of nitrogens with one attached hydrogen (secondary N) is 2. The van der Waals surface area contributed by atoms with Crippen molar-refractivity contribution in [2.45, 2.75) is 13.3 Å². The topological polar surface area (TPSA) is 103 Å². The number of hydrogen-bond donors (Lipinski definition) is 2. The van der Waals surface area contributed by atoms with Gasteiger partial charge in [0.05, 0.1) is 11.9 Å². The zero-order chi connectivity index (χ0) is 20.5. The van der Waals surface area contributed by atoms with Crippen LogP contribution in [0.1, 0.15) is 12.6 Å². The Morgan fingerprint density at radius 3 is 2.93 bits per heavy atom. The predicted molar refractivity (Wildman–Crippen MR) is 114 cm³/mol. The molecule has 1 aromatic carbocycles. The Bertz CT molecular complexity index is 1190. The van der Waals surface area contributed by atoms with Crippen LogP contribution in [0.5, 0.6) is 0 Å². The van der Waals surface area contributed by atoms with E-state index in [9.17, 15) is 4.79 Å². The minimum absolute atomic E-state index is 0.0946. The summed E-state index contributed by atoms with van der Waals surface area (Å²) >= 11 is 0. The van der Waals surface area contributed by atoms with Crippen molar-refractivity contribution >= 4 is 39.4 Å². The van der Waals surface area contributed by atoms with Gasteiger partial charge in [0.15, 0.2) is 11.4 Å². The minimum atomic E-state index is 0.0946. The van der Waals surface area contributed by atoms with Crippen LogP contribution in [0.2, 0.25) is 0 Å². The molecule has 0 atom stereocenters.